The Morgan fingerprint density at radius 1 is 0.976 bits per heavy atom. The van der Waals surface area contributed by atoms with Crippen molar-refractivity contribution in [3.05, 3.63) is 94.0 Å². The van der Waals surface area contributed by atoms with Gasteiger partial charge in [-0.15, -0.1) is 0 Å². The first-order valence-corrected chi connectivity index (χ1v) is 14.9. The monoisotopic (exact) mass is 568 g/mol. The fourth-order valence-electron chi connectivity index (χ4n) is 6.29. The van der Waals surface area contributed by atoms with E-state index in [-0.39, 0.29) is 11.7 Å². The number of ether oxygens (including phenoxy) is 2. The predicted octanol–water partition coefficient (Wildman–Crippen LogP) is 5.67. The van der Waals surface area contributed by atoms with E-state index in [2.05, 4.69) is 28.6 Å². The molecule has 0 bridgehead atoms. The van der Waals surface area contributed by atoms with Crippen molar-refractivity contribution in [3.8, 4) is 11.4 Å². The van der Waals surface area contributed by atoms with Crippen LogP contribution in [0.1, 0.15) is 50.4 Å². The fraction of sp³-hybridized carbons (Fsp3) is 0.412. The highest BCUT2D eigenvalue weighted by Gasteiger charge is 2.32. The number of aryl methyl sites for hydroxylation is 1. The van der Waals surface area contributed by atoms with E-state index in [1.54, 1.807) is 16.8 Å². The molecule has 1 amide bonds. The van der Waals surface area contributed by atoms with Gasteiger partial charge in [-0.1, -0.05) is 36.4 Å². The third-order valence-electron chi connectivity index (χ3n) is 8.47. The van der Waals surface area contributed by atoms with E-state index in [0.29, 0.717) is 18.4 Å². The second-order valence-corrected chi connectivity index (χ2v) is 12.4. The van der Waals surface area contributed by atoms with E-state index in [9.17, 15) is 9.59 Å². The molecular formula is C34H40N4O4. The van der Waals surface area contributed by atoms with Gasteiger partial charge in [0.2, 0.25) is 0 Å². The molecule has 2 aromatic carbocycles. The number of pyridine rings is 1. The Balaban J connectivity index is 1.15. The average molecular weight is 569 g/mol. The highest BCUT2D eigenvalue weighted by molar-refractivity contribution is 5.87. The normalized spacial score (nSPS) is 16.4. The van der Waals surface area contributed by atoms with Gasteiger partial charge in [-0.2, -0.15) is 0 Å². The zero-order valence-electron chi connectivity index (χ0n) is 25.0. The number of rotatable bonds is 5. The van der Waals surface area contributed by atoms with Gasteiger partial charge in [0, 0.05) is 69.0 Å². The summed E-state index contributed by atoms with van der Waals surface area (Å²) in [7, 11) is 2.13. The molecule has 4 heterocycles. The van der Waals surface area contributed by atoms with Crippen LogP contribution in [-0.4, -0.2) is 56.3 Å². The largest absolute Gasteiger partial charge is 0.489 e. The Labute approximate surface area is 247 Å². The standard InChI is InChI=1S/C34H40N4O4/c1-34(2,3)42-33(40)36-16-12-25(13-17-36)37-18-15-30-29(22-37)28-11-10-26(20-31(28)35(30)4)38-19-14-27(21-32(38)39)41-23-24-8-6-5-7-9-24/h5-11,14,19-21,25H,12-13,15-18,22-23H2,1-4H3. The van der Waals surface area contributed by atoms with Gasteiger partial charge in [0.15, 0.2) is 0 Å². The highest BCUT2D eigenvalue weighted by atomic mass is 16.6. The van der Waals surface area contributed by atoms with Crippen LogP contribution in [0, 0.1) is 0 Å². The average Bonchev–Trinajstić information content (AvgIpc) is 3.26. The van der Waals surface area contributed by atoms with Crippen LogP contribution >= 0.6 is 0 Å². The molecule has 0 N–H and O–H groups in total. The summed E-state index contributed by atoms with van der Waals surface area (Å²) >= 11 is 0. The summed E-state index contributed by atoms with van der Waals surface area (Å²) in [6, 6.07) is 20.1. The van der Waals surface area contributed by atoms with Crippen molar-refractivity contribution in [1.29, 1.82) is 0 Å². The smallest absolute Gasteiger partial charge is 0.410 e. The molecule has 2 aliphatic rings. The summed E-state index contributed by atoms with van der Waals surface area (Å²) in [5, 5.41) is 1.24. The number of hydrogen-bond acceptors (Lipinski definition) is 5. The van der Waals surface area contributed by atoms with E-state index in [1.807, 2.05) is 68.1 Å². The maximum absolute atomic E-state index is 13.1. The van der Waals surface area contributed by atoms with Gasteiger partial charge in [-0.05, 0) is 62.9 Å². The van der Waals surface area contributed by atoms with Gasteiger partial charge in [0.1, 0.15) is 18.0 Å². The van der Waals surface area contributed by atoms with Gasteiger partial charge in [0.05, 0.1) is 11.2 Å². The Kier molecular flexibility index (Phi) is 7.58. The van der Waals surface area contributed by atoms with E-state index in [1.165, 1.54) is 16.6 Å². The maximum Gasteiger partial charge on any atom is 0.410 e. The number of benzene rings is 2. The lowest BCUT2D eigenvalue weighted by Crippen LogP contribution is -2.49. The molecule has 2 aliphatic heterocycles. The molecule has 8 heteroatoms. The number of nitrogens with zero attached hydrogens (tertiary/aromatic N) is 4. The van der Waals surface area contributed by atoms with E-state index in [4.69, 9.17) is 9.47 Å². The molecule has 1 fully saturated rings. The summed E-state index contributed by atoms with van der Waals surface area (Å²) in [6.07, 6.45) is 4.47. The number of carbonyl (C=O) groups excluding carboxylic acids is 1. The van der Waals surface area contributed by atoms with Crippen molar-refractivity contribution in [2.24, 2.45) is 7.05 Å². The Bertz CT molecular complexity index is 1640. The summed E-state index contributed by atoms with van der Waals surface area (Å²) < 4.78 is 15.4. The van der Waals surface area contributed by atoms with Gasteiger partial charge in [-0.25, -0.2) is 4.79 Å². The molecule has 4 aromatic rings. The molecule has 0 radical (unpaired) electrons. The van der Waals surface area contributed by atoms with Crippen LogP contribution in [0.4, 0.5) is 4.79 Å². The summed E-state index contributed by atoms with van der Waals surface area (Å²) in [6.45, 7) is 9.51. The minimum Gasteiger partial charge on any atom is -0.489 e. The second kappa shape index (κ2) is 11.3. The van der Waals surface area contributed by atoms with Gasteiger partial charge in [0.25, 0.3) is 5.56 Å². The third-order valence-corrected chi connectivity index (χ3v) is 8.47. The molecule has 42 heavy (non-hydrogen) atoms. The van der Waals surface area contributed by atoms with Crippen molar-refractivity contribution in [1.82, 2.24) is 18.9 Å². The molecule has 8 nitrogen and oxygen atoms in total. The van der Waals surface area contributed by atoms with Crippen molar-refractivity contribution >= 4 is 17.0 Å². The number of amides is 1. The summed E-state index contributed by atoms with van der Waals surface area (Å²) in [5.74, 6) is 0.563. The zero-order chi connectivity index (χ0) is 29.4. The van der Waals surface area contributed by atoms with Gasteiger partial charge in [-0.3, -0.25) is 14.3 Å². The summed E-state index contributed by atoms with van der Waals surface area (Å²) in [4.78, 5) is 30.0. The van der Waals surface area contributed by atoms with Crippen LogP contribution in [0.25, 0.3) is 16.6 Å². The molecule has 0 unspecified atom stereocenters. The molecule has 0 atom stereocenters. The zero-order valence-corrected chi connectivity index (χ0v) is 25.0. The SMILES string of the molecule is Cn1c2c(c3ccc(-n4ccc(OCc5ccccc5)cc4=O)cc31)CN(C1CCN(C(=O)OC(C)(C)C)CC1)CC2. The first kappa shape index (κ1) is 28.1. The second-order valence-electron chi connectivity index (χ2n) is 12.4. The van der Waals surface area contributed by atoms with Crippen LogP contribution in [-0.2, 0) is 31.4 Å². The van der Waals surface area contributed by atoms with Crippen LogP contribution in [0.15, 0.2) is 71.7 Å². The van der Waals surface area contributed by atoms with Crippen LogP contribution in [0.2, 0.25) is 0 Å². The van der Waals surface area contributed by atoms with Gasteiger partial charge < -0.3 is 18.9 Å². The maximum atomic E-state index is 13.1. The molecule has 2 aromatic heterocycles. The van der Waals surface area contributed by atoms with Crippen molar-refractivity contribution in [3.63, 3.8) is 0 Å². The number of likely N-dealkylation sites (tertiary alicyclic amines) is 1. The molecule has 0 spiro atoms. The number of hydrogen-bond donors (Lipinski definition) is 0. The molecule has 0 aliphatic carbocycles. The number of fused-ring (bicyclic) bond motifs is 3. The van der Waals surface area contributed by atoms with Crippen LogP contribution in [0.3, 0.4) is 0 Å². The molecule has 220 valence electrons. The minimum absolute atomic E-state index is 0.122. The predicted molar refractivity (Wildman–Crippen MR) is 164 cm³/mol. The van der Waals surface area contributed by atoms with Gasteiger partial charge >= 0.3 is 6.09 Å². The van der Waals surface area contributed by atoms with Crippen molar-refractivity contribution in [2.45, 2.75) is 64.8 Å². The number of piperidine rings is 1. The Hall–Kier alpha value is -4.04. The lowest BCUT2D eigenvalue weighted by molar-refractivity contribution is 0.0134. The van der Waals surface area contributed by atoms with Crippen LogP contribution < -0.4 is 10.3 Å². The Morgan fingerprint density at radius 2 is 1.74 bits per heavy atom. The van der Waals surface area contributed by atoms with E-state index in [0.717, 1.165) is 62.2 Å². The summed E-state index contributed by atoms with van der Waals surface area (Å²) in [5.41, 5.74) is 5.17. The quantitative estimate of drug-likeness (QED) is 0.311. The number of aromatic nitrogens is 2. The molecule has 0 saturated carbocycles. The number of carbonyl (C=O) groups is 1. The highest BCUT2D eigenvalue weighted by Crippen LogP contribution is 2.33. The fourth-order valence-corrected chi connectivity index (χ4v) is 6.29. The lowest BCUT2D eigenvalue weighted by atomic mass is 9.98. The minimum atomic E-state index is -0.473. The molecule has 1 saturated heterocycles. The first-order chi connectivity index (χ1) is 20.2. The Morgan fingerprint density at radius 3 is 2.45 bits per heavy atom. The van der Waals surface area contributed by atoms with Crippen LogP contribution in [0.5, 0.6) is 5.75 Å². The lowest BCUT2D eigenvalue weighted by Gasteiger charge is -2.40. The van der Waals surface area contributed by atoms with Crippen molar-refractivity contribution in [2.75, 3.05) is 19.6 Å². The molecular weight excluding hydrogens is 528 g/mol. The van der Waals surface area contributed by atoms with E-state index >= 15 is 0 Å². The topological polar surface area (TPSA) is 68.9 Å². The van der Waals surface area contributed by atoms with E-state index < -0.39 is 5.60 Å². The first-order valence-electron chi connectivity index (χ1n) is 14.9. The van der Waals surface area contributed by atoms with Crippen molar-refractivity contribution < 1.29 is 14.3 Å². The third kappa shape index (κ3) is 5.81. The molecule has 6 rings (SSSR count).